The number of ether oxygens (including phenoxy) is 1. The van der Waals surface area contributed by atoms with Crippen LogP contribution in [0.25, 0.3) is 5.65 Å². The van der Waals surface area contributed by atoms with Crippen molar-refractivity contribution >= 4 is 11.6 Å². The first kappa shape index (κ1) is 18.7. The first-order chi connectivity index (χ1) is 13.1. The Balaban J connectivity index is 1.36. The van der Waals surface area contributed by atoms with Crippen LogP contribution in [0.1, 0.15) is 23.7 Å². The summed E-state index contributed by atoms with van der Waals surface area (Å²) in [4.78, 5) is 10.6. The molecule has 9 heteroatoms. The number of carbonyl (C=O) groups is 1. The quantitative estimate of drug-likeness (QED) is 0.448. The number of hydrogen-bond donors (Lipinski definition) is 3. The molecule has 0 saturated carbocycles. The maximum absolute atomic E-state index is 10.6. The molecule has 0 unspecified atom stereocenters. The van der Waals surface area contributed by atoms with E-state index in [9.17, 15) is 9.90 Å². The number of aromatic nitrogens is 4. The number of aliphatic hydroxyl groups is 1. The van der Waals surface area contributed by atoms with Gasteiger partial charge in [-0.3, -0.25) is 4.79 Å². The molecule has 0 aliphatic rings. The van der Waals surface area contributed by atoms with Gasteiger partial charge in [-0.25, -0.2) is 4.52 Å². The molecule has 0 saturated heterocycles. The van der Waals surface area contributed by atoms with Crippen molar-refractivity contribution < 1.29 is 19.7 Å². The zero-order valence-corrected chi connectivity index (χ0v) is 14.7. The summed E-state index contributed by atoms with van der Waals surface area (Å²) in [5.41, 5.74) is 2.31. The van der Waals surface area contributed by atoms with Crippen molar-refractivity contribution in [2.24, 2.45) is 0 Å². The molecule has 0 aliphatic heterocycles. The molecule has 0 radical (unpaired) electrons. The number of aliphatic hydroxyl groups excluding tert-OH is 1. The highest BCUT2D eigenvalue weighted by Gasteiger charge is 2.09. The van der Waals surface area contributed by atoms with Crippen molar-refractivity contribution in [3.05, 3.63) is 53.7 Å². The zero-order chi connectivity index (χ0) is 19.1. The Morgan fingerprint density at radius 3 is 2.81 bits per heavy atom. The van der Waals surface area contributed by atoms with Gasteiger partial charge >= 0.3 is 5.97 Å². The number of pyridine rings is 1. The zero-order valence-electron chi connectivity index (χ0n) is 14.7. The molecule has 1 aromatic carbocycles. The lowest BCUT2D eigenvalue weighted by Gasteiger charge is -2.13. The topological polar surface area (TPSA) is 122 Å². The summed E-state index contributed by atoms with van der Waals surface area (Å²) >= 11 is 0. The van der Waals surface area contributed by atoms with Crippen LogP contribution >= 0.6 is 0 Å². The maximum Gasteiger partial charge on any atom is 0.303 e. The number of tetrazole rings is 1. The molecule has 2 heterocycles. The summed E-state index contributed by atoms with van der Waals surface area (Å²) in [6, 6.07) is 10.9. The number of aliphatic carboxylic acids is 1. The molecule has 3 aromatic rings. The number of rotatable bonds is 10. The first-order valence-corrected chi connectivity index (χ1v) is 8.62. The Kier molecular flexibility index (Phi) is 6.29. The number of nitrogens with one attached hydrogen (secondary N) is 1. The van der Waals surface area contributed by atoms with Crippen LogP contribution in [0.2, 0.25) is 0 Å². The van der Waals surface area contributed by atoms with Gasteiger partial charge in [-0.05, 0) is 40.6 Å². The van der Waals surface area contributed by atoms with Crippen LogP contribution in [0.5, 0.6) is 5.75 Å². The SMILES string of the molecule is O=C(O)CCc1ccc(OCCNC[C@@H](O)c2ccc3nnnn3c2)cc1. The van der Waals surface area contributed by atoms with Gasteiger partial charge in [-0.2, -0.15) is 0 Å². The van der Waals surface area contributed by atoms with Crippen LogP contribution in [0.3, 0.4) is 0 Å². The minimum Gasteiger partial charge on any atom is -0.492 e. The highest BCUT2D eigenvalue weighted by molar-refractivity contribution is 5.67. The predicted octanol–water partition coefficient (Wildman–Crippen LogP) is 0.843. The molecule has 0 bridgehead atoms. The molecule has 0 amide bonds. The van der Waals surface area contributed by atoms with Gasteiger partial charge in [0.05, 0.1) is 6.10 Å². The summed E-state index contributed by atoms with van der Waals surface area (Å²) in [6.07, 6.45) is 1.65. The summed E-state index contributed by atoms with van der Waals surface area (Å²) in [5.74, 6) is -0.0815. The molecule has 27 heavy (non-hydrogen) atoms. The summed E-state index contributed by atoms with van der Waals surface area (Å²) in [5, 5.41) is 33.2. The molecule has 1 atom stereocenters. The predicted molar refractivity (Wildman–Crippen MR) is 96.5 cm³/mol. The molecule has 3 rings (SSSR count). The average Bonchev–Trinajstić information content (AvgIpc) is 3.14. The fraction of sp³-hybridized carbons (Fsp3) is 0.333. The summed E-state index contributed by atoms with van der Waals surface area (Å²) in [7, 11) is 0. The Labute approximate surface area is 155 Å². The lowest BCUT2D eigenvalue weighted by Crippen LogP contribution is -2.26. The van der Waals surface area contributed by atoms with E-state index in [4.69, 9.17) is 9.84 Å². The lowest BCUT2D eigenvalue weighted by molar-refractivity contribution is -0.136. The fourth-order valence-electron chi connectivity index (χ4n) is 2.56. The second kappa shape index (κ2) is 9.06. The van der Waals surface area contributed by atoms with Gasteiger partial charge in [0, 0.05) is 31.3 Å². The molecule has 142 valence electrons. The molecular weight excluding hydrogens is 350 g/mol. The van der Waals surface area contributed by atoms with Gasteiger partial charge < -0.3 is 20.3 Å². The fourth-order valence-corrected chi connectivity index (χ4v) is 2.56. The van der Waals surface area contributed by atoms with Gasteiger partial charge in [0.2, 0.25) is 0 Å². The third kappa shape index (κ3) is 5.47. The van der Waals surface area contributed by atoms with Crippen LogP contribution in [0.15, 0.2) is 42.6 Å². The lowest BCUT2D eigenvalue weighted by atomic mass is 10.1. The van der Waals surface area contributed by atoms with Crippen LogP contribution in [0.4, 0.5) is 0 Å². The number of benzene rings is 1. The largest absolute Gasteiger partial charge is 0.492 e. The van der Waals surface area contributed by atoms with Gasteiger partial charge in [0.25, 0.3) is 0 Å². The normalized spacial score (nSPS) is 12.2. The average molecular weight is 371 g/mol. The van der Waals surface area contributed by atoms with E-state index in [1.807, 2.05) is 24.3 Å². The molecular formula is C18H21N5O4. The van der Waals surface area contributed by atoms with E-state index in [2.05, 4.69) is 20.8 Å². The monoisotopic (exact) mass is 371 g/mol. The minimum absolute atomic E-state index is 0.118. The third-order valence-corrected chi connectivity index (χ3v) is 4.04. The maximum atomic E-state index is 10.6. The van der Waals surface area contributed by atoms with E-state index >= 15 is 0 Å². The van der Waals surface area contributed by atoms with E-state index in [0.29, 0.717) is 31.8 Å². The van der Waals surface area contributed by atoms with E-state index in [0.717, 1.165) is 16.9 Å². The highest BCUT2D eigenvalue weighted by Crippen LogP contribution is 2.14. The number of nitrogens with zero attached hydrogens (tertiary/aromatic N) is 4. The number of carboxylic acid groups (broad SMARTS) is 1. The Hall–Kier alpha value is -3.04. The van der Waals surface area contributed by atoms with Gasteiger partial charge in [0.1, 0.15) is 12.4 Å². The van der Waals surface area contributed by atoms with E-state index in [1.165, 1.54) is 4.52 Å². The molecule has 9 nitrogen and oxygen atoms in total. The van der Waals surface area contributed by atoms with E-state index in [1.54, 1.807) is 18.3 Å². The van der Waals surface area contributed by atoms with Gasteiger partial charge in [-0.1, -0.05) is 18.2 Å². The van der Waals surface area contributed by atoms with Crippen molar-refractivity contribution in [2.45, 2.75) is 18.9 Å². The molecule has 2 aromatic heterocycles. The smallest absolute Gasteiger partial charge is 0.303 e. The number of aryl methyl sites for hydroxylation is 1. The van der Waals surface area contributed by atoms with Crippen LogP contribution in [0, 0.1) is 0 Å². The van der Waals surface area contributed by atoms with Gasteiger partial charge in [0.15, 0.2) is 5.65 Å². The van der Waals surface area contributed by atoms with Crippen molar-refractivity contribution in [3.63, 3.8) is 0 Å². The number of carboxylic acids is 1. The minimum atomic E-state index is -0.804. The third-order valence-electron chi connectivity index (χ3n) is 4.04. The molecule has 0 aliphatic carbocycles. The molecule has 0 fully saturated rings. The van der Waals surface area contributed by atoms with Crippen LogP contribution in [-0.4, -0.2) is 55.9 Å². The van der Waals surface area contributed by atoms with Crippen molar-refractivity contribution in [1.82, 2.24) is 25.4 Å². The summed E-state index contributed by atoms with van der Waals surface area (Å²) in [6.45, 7) is 1.41. The Bertz CT molecular complexity index is 881. The van der Waals surface area contributed by atoms with Crippen LogP contribution < -0.4 is 10.1 Å². The Morgan fingerprint density at radius 2 is 2.04 bits per heavy atom. The Morgan fingerprint density at radius 1 is 1.22 bits per heavy atom. The van der Waals surface area contributed by atoms with Gasteiger partial charge in [-0.15, -0.1) is 5.10 Å². The number of fused-ring (bicyclic) bond motifs is 1. The van der Waals surface area contributed by atoms with Crippen molar-refractivity contribution in [3.8, 4) is 5.75 Å². The molecule has 3 N–H and O–H groups in total. The van der Waals surface area contributed by atoms with Crippen molar-refractivity contribution in [1.29, 1.82) is 0 Å². The van der Waals surface area contributed by atoms with E-state index in [-0.39, 0.29) is 6.42 Å². The number of hydrogen-bond acceptors (Lipinski definition) is 7. The van der Waals surface area contributed by atoms with Crippen molar-refractivity contribution in [2.75, 3.05) is 19.7 Å². The molecule has 0 spiro atoms. The standard InChI is InChI=1S/C18H21N5O4/c24-16(14-4-7-17-20-21-22-23(17)12-14)11-19-9-10-27-15-5-1-13(2-6-15)3-8-18(25)26/h1-2,4-7,12,16,19,24H,3,8-11H2,(H,25,26)/t16-/m1/s1. The van der Waals surface area contributed by atoms with Crippen LogP contribution in [-0.2, 0) is 11.2 Å². The highest BCUT2D eigenvalue weighted by atomic mass is 16.5. The summed E-state index contributed by atoms with van der Waals surface area (Å²) < 4.78 is 7.15. The van der Waals surface area contributed by atoms with E-state index < -0.39 is 12.1 Å². The second-order valence-corrected chi connectivity index (χ2v) is 6.05. The second-order valence-electron chi connectivity index (χ2n) is 6.05. The first-order valence-electron chi connectivity index (χ1n) is 8.62.